The van der Waals surface area contributed by atoms with Gasteiger partial charge in [-0.05, 0) is 24.1 Å². The molecular formula is C18H18N4OS. The Morgan fingerprint density at radius 1 is 1.08 bits per heavy atom. The third-order valence-electron chi connectivity index (χ3n) is 3.37. The lowest BCUT2D eigenvalue weighted by molar-refractivity contribution is -0.120. The van der Waals surface area contributed by atoms with Gasteiger partial charge in [-0.25, -0.2) is 9.97 Å². The summed E-state index contributed by atoms with van der Waals surface area (Å²) in [5.41, 5.74) is 1.98. The van der Waals surface area contributed by atoms with Gasteiger partial charge in [0.25, 0.3) is 0 Å². The predicted molar refractivity (Wildman–Crippen MR) is 96.5 cm³/mol. The zero-order valence-corrected chi connectivity index (χ0v) is 13.9. The van der Waals surface area contributed by atoms with E-state index < -0.39 is 0 Å². The molecule has 0 fully saturated rings. The fraction of sp³-hybridized carbons (Fsp3) is 0.167. The van der Waals surface area contributed by atoms with E-state index in [4.69, 9.17) is 0 Å². The van der Waals surface area contributed by atoms with Gasteiger partial charge < -0.3 is 10.6 Å². The van der Waals surface area contributed by atoms with Crippen LogP contribution in [0.25, 0.3) is 0 Å². The molecule has 6 heteroatoms. The topological polar surface area (TPSA) is 66.9 Å². The Bertz CT molecular complexity index is 774. The van der Waals surface area contributed by atoms with Crippen molar-refractivity contribution in [3.05, 3.63) is 71.4 Å². The van der Waals surface area contributed by atoms with Gasteiger partial charge in [-0.3, -0.25) is 4.79 Å². The van der Waals surface area contributed by atoms with Crippen molar-refractivity contribution in [2.75, 3.05) is 11.9 Å². The average molecular weight is 338 g/mol. The van der Waals surface area contributed by atoms with Gasteiger partial charge >= 0.3 is 0 Å². The summed E-state index contributed by atoms with van der Waals surface area (Å²) in [5.74, 6) is 0.728. The number of hydrogen-bond acceptors (Lipinski definition) is 5. The van der Waals surface area contributed by atoms with E-state index in [0.717, 1.165) is 23.1 Å². The molecule has 3 aromatic rings. The molecule has 0 radical (unpaired) electrons. The number of carbonyl (C=O) groups excluding carboxylic acids is 1. The predicted octanol–water partition coefficient (Wildman–Crippen LogP) is 3.18. The number of nitrogens with one attached hydrogen (secondary N) is 2. The minimum atomic E-state index is -0.0133. The molecule has 0 aliphatic rings. The van der Waals surface area contributed by atoms with Crippen LogP contribution in [0, 0.1) is 0 Å². The van der Waals surface area contributed by atoms with E-state index in [2.05, 4.69) is 32.7 Å². The third-order valence-corrected chi connectivity index (χ3v) is 4.18. The summed E-state index contributed by atoms with van der Waals surface area (Å²) in [6.07, 6.45) is 2.84. The van der Waals surface area contributed by atoms with E-state index in [1.54, 1.807) is 6.20 Å². The molecule has 1 aromatic carbocycles. The van der Waals surface area contributed by atoms with Gasteiger partial charge in [0.1, 0.15) is 5.82 Å². The summed E-state index contributed by atoms with van der Waals surface area (Å²) in [6.45, 7) is 0.631. The summed E-state index contributed by atoms with van der Waals surface area (Å²) >= 11 is 1.46. The maximum atomic E-state index is 12.0. The van der Waals surface area contributed by atoms with Crippen LogP contribution in [0.5, 0.6) is 0 Å². The van der Waals surface area contributed by atoms with E-state index in [1.807, 2.05) is 41.8 Å². The number of anilines is 2. The van der Waals surface area contributed by atoms with Crippen molar-refractivity contribution in [2.24, 2.45) is 0 Å². The first-order valence-electron chi connectivity index (χ1n) is 7.73. The molecular weight excluding hydrogens is 320 g/mol. The van der Waals surface area contributed by atoms with Crippen molar-refractivity contribution in [3.8, 4) is 0 Å². The molecule has 0 bridgehead atoms. The fourth-order valence-electron chi connectivity index (χ4n) is 2.21. The van der Waals surface area contributed by atoms with Gasteiger partial charge in [-0.1, -0.05) is 36.4 Å². The van der Waals surface area contributed by atoms with Crippen molar-refractivity contribution in [3.63, 3.8) is 0 Å². The highest BCUT2D eigenvalue weighted by Gasteiger charge is 2.08. The summed E-state index contributed by atoms with van der Waals surface area (Å²) < 4.78 is 0. The van der Waals surface area contributed by atoms with Crippen molar-refractivity contribution in [2.45, 2.75) is 12.8 Å². The van der Waals surface area contributed by atoms with Crippen molar-refractivity contribution in [1.82, 2.24) is 15.3 Å². The first-order chi connectivity index (χ1) is 11.8. The highest BCUT2D eigenvalue weighted by molar-refractivity contribution is 7.13. The second-order valence-corrected chi connectivity index (χ2v) is 6.10. The summed E-state index contributed by atoms with van der Waals surface area (Å²) in [7, 11) is 0. The minimum absolute atomic E-state index is 0.0133. The number of rotatable bonds is 7. The number of thiazole rings is 1. The molecule has 2 aromatic heterocycles. The van der Waals surface area contributed by atoms with Crippen LogP contribution in [0.3, 0.4) is 0 Å². The number of benzene rings is 1. The largest absolute Gasteiger partial charge is 0.355 e. The molecule has 5 nitrogen and oxygen atoms in total. The SMILES string of the molecule is O=C(Cc1csc(Nc2ccccn2)n1)NCCc1ccccc1. The van der Waals surface area contributed by atoms with E-state index in [9.17, 15) is 4.79 Å². The van der Waals surface area contributed by atoms with Crippen LogP contribution in [0.2, 0.25) is 0 Å². The first-order valence-corrected chi connectivity index (χ1v) is 8.60. The Kier molecular flexibility index (Phi) is 5.52. The zero-order chi connectivity index (χ0) is 16.6. The number of hydrogen-bond donors (Lipinski definition) is 2. The summed E-state index contributed by atoms with van der Waals surface area (Å²) in [5, 5.41) is 8.69. The third kappa shape index (κ3) is 4.89. The second kappa shape index (κ2) is 8.21. The minimum Gasteiger partial charge on any atom is -0.355 e. The Morgan fingerprint density at radius 2 is 1.92 bits per heavy atom. The lowest BCUT2D eigenvalue weighted by Gasteiger charge is -2.04. The van der Waals surface area contributed by atoms with Crippen LogP contribution in [-0.2, 0) is 17.6 Å². The number of carbonyl (C=O) groups is 1. The van der Waals surface area contributed by atoms with Gasteiger partial charge in [0, 0.05) is 18.1 Å². The Hall–Kier alpha value is -2.73. The van der Waals surface area contributed by atoms with Crippen molar-refractivity contribution >= 4 is 28.2 Å². The molecule has 0 aliphatic heterocycles. The monoisotopic (exact) mass is 338 g/mol. The molecule has 0 saturated carbocycles. The smallest absolute Gasteiger partial charge is 0.226 e. The molecule has 1 amide bonds. The Balaban J connectivity index is 1.45. The molecule has 0 saturated heterocycles. The van der Waals surface area contributed by atoms with Gasteiger partial charge in [-0.15, -0.1) is 11.3 Å². The summed E-state index contributed by atoms with van der Waals surface area (Å²) in [4.78, 5) is 20.6. The van der Waals surface area contributed by atoms with E-state index in [1.165, 1.54) is 16.9 Å². The van der Waals surface area contributed by atoms with E-state index in [-0.39, 0.29) is 12.3 Å². The molecule has 0 aliphatic carbocycles. The maximum Gasteiger partial charge on any atom is 0.226 e. The number of aromatic nitrogens is 2. The summed E-state index contributed by atoms with van der Waals surface area (Å²) in [6, 6.07) is 15.7. The second-order valence-electron chi connectivity index (χ2n) is 5.25. The van der Waals surface area contributed by atoms with Gasteiger partial charge in [0.05, 0.1) is 12.1 Å². The molecule has 0 unspecified atom stereocenters. The molecule has 122 valence electrons. The van der Waals surface area contributed by atoms with Gasteiger partial charge in [-0.2, -0.15) is 0 Å². The normalized spacial score (nSPS) is 10.3. The van der Waals surface area contributed by atoms with Crippen LogP contribution < -0.4 is 10.6 Å². The van der Waals surface area contributed by atoms with Gasteiger partial charge in [0.2, 0.25) is 5.91 Å². The van der Waals surface area contributed by atoms with Crippen LogP contribution in [0.15, 0.2) is 60.1 Å². The van der Waals surface area contributed by atoms with Crippen molar-refractivity contribution < 1.29 is 4.79 Å². The van der Waals surface area contributed by atoms with Crippen LogP contribution in [-0.4, -0.2) is 22.4 Å². The molecule has 0 atom stereocenters. The standard InChI is InChI=1S/C18H18N4OS/c23-17(20-11-9-14-6-2-1-3-7-14)12-15-13-24-18(21-15)22-16-8-4-5-10-19-16/h1-8,10,13H,9,11-12H2,(H,20,23)(H,19,21,22). The molecule has 24 heavy (non-hydrogen) atoms. The molecule has 0 spiro atoms. The fourth-order valence-corrected chi connectivity index (χ4v) is 2.93. The number of nitrogens with zero attached hydrogens (tertiary/aromatic N) is 2. The zero-order valence-electron chi connectivity index (χ0n) is 13.1. The first kappa shape index (κ1) is 16.1. The number of pyridine rings is 1. The van der Waals surface area contributed by atoms with E-state index >= 15 is 0 Å². The number of amides is 1. The van der Waals surface area contributed by atoms with Crippen molar-refractivity contribution in [1.29, 1.82) is 0 Å². The molecule has 2 heterocycles. The highest BCUT2D eigenvalue weighted by atomic mass is 32.1. The van der Waals surface area contributed by atoms with Crippen LogP contribution in [0.4, 0.5) is 10.9 Å². The van der Waals surface area contributed by atoms with E-state index in [0.29, 0.717) is 6.54 Å². The lowest BCUT2D eigenvalue weighted by atomic mass is 10.1. The quantitative estimate of drug-likeness (QED) is 0.694. The average Bonchev–Trinajstić information content (AvgIpc) is 3.03. The highest BCUT2D eigenvalue weighted by Crippen LogP contribution is 2.19. The van der Waals surface area contributed by atoms with Crippen LogP contribution in [0.1, 0.15) is 11.3 Å². The van der Waals surface area contributed by atoms with Crippen LogP contribution >= 0.6 is 11.3 Å². The maximum absolute atomic E-state index is 12.0. The molecule has 2 N–H and O–H groups in total. The molecule has 3 rings (SSSR count). The Morgan fingerprint density at radius 3 is 2.71 bits per heavy atom. The Labute approximate surface area is 144 Å². The van der Waals surface area contributed by atoms with Gasteiger partial charge in [0.15, 0.2) is 5.13 Å². The lowest BCUT2D eigenvalue weighted by Crippen LogP contribution is -2.27.